The van der Waals surface area contributed by atoms with E-state index in [1.54, 1.807) is 19.5 Å². The van der Waals surface area contributed by atoms with E-state index in [2.05, 4.69) is 21.9 Å². The largest absolute Gasteiger partial charge is 0.481 e. The maximum atomic E-state index is 11.8. The van der Waals surface area contributed by atoms with E-state index in [1.807, 2.05) is 23.1 Å². The third-order valence-electron chi connectivity index (χ3n) is 5.30. The van der Waals surface area contributed by atoms with Gasteiger partial charge in [-0.05, 0) is 61.8 Å². The first-order valence-corrected chi connectivity index (χ1v) is 10.5. The fourth-order valence-electron chi connectivity index (χ4n) is 3.30. The van der Waals surface area contributed by atoms with Crippen LogP contribution in [0.4, 0.5) is 5.69 Å². The summed E-state index contributed by atoms with van der Waals surface area (Å²) in [7, 11) is 1.58. The summed E-state index contributed by atoms with van der Waals surface area (Å²) in [6.07, 6.45) is 10.9. The third kappa shape index (κ3) is 6.20. The van der Waals surface area contributed by atoms with Crippen molar-refractivity contribution in [3.63, 3.8) is 0 Å². The normalized spacial score (nSPS) is 15.6. The Hall–Kier alpha value is -3.09. The minimum absolute atomic E-state index is 0.0831. The van der Waals surface area contributed by atoms with Gasteiger partial charge in [-0.25, -0.2) is 4.98 Å². The zero-order chi connectivity index (χ0) is 21.3. The van der Waals surface area contributed by atoms with E-state index in [1.165, 1.54) is 25.3 Å². The van der Waals surface area contributed by atoms with Crippen LogP contribution in [0.5, 0.6) is 5.88 Å². The fraction of sp³-hybridized carbons (Fsp3) is 0.435. The van der Waals surface area contributed by atoms with Crippen LogP contribution in [0.3, 0.4) is 0 Å². The molecule has 2 aliphatic rings. The van der Waals surface area contributed by atoms with Gasteiger partial charge in [0.15, 0.2) is 0 Å². The third-order valence-corrected chi connectivity index (χ3v) is 5.30. The van der Waals surface area contributed by atoms with Gasteiger partial charge in [-0.15, -0.1) is 0 Å². The number of nitrogens with zero attached hydrogens (tertiary/aromatic N) is 2. The number of carbonyl (C=O) groups excluding carboxylic acids is 1. The number of H-pyrrole nitrogens is 1. The summed E-state index contributed by atoms with van der Waals surface area (Å²) in [6.45, 7) is 6.15. The Morgan fingerprint density at radius 3 is 2.73 bits per heavy atom. The minimum atomic E-state index is -0.0876. The SMILES string of the molecule is C=CC(=O)N1CCCCC1.COc1cc(-c2c[nH]c(=O)c(NCC3CC3)c2)ccn1. The Morgan fingerprint density at radius 1 is 1.30 bits per heavy atom. The highest BCUT2D eigenvalue weighted by Crippen LogP contribution is 2.29. The zero-order valence-electron chi connectivity index (χ0n) is 17.5. The second-order valence-corrected chi connectivity index (χ2v) is 7.63. The molecule has 2 aromatic heterocycles. The van der Waals surface area contributed by atoms with E-state index in [0.29, 0.717) is 11.6 Å². The summed E-state index contributed by atoms with van der Waals surface area (Å²) in [5.41, 5.74) is 2.42. The molecule has 1 saturated heterocycles. The lowest BCUT2D eigenvalue weighted by Gasteiger charge is -2.25. The molecule has 1 amide bonds. The molecule has 0 radical (unpaired) electrons. The number of rotatable bonds is 6. The van der Waals surface area contributed by atoms with Crippen LogP contribution in [-0.4, -0.2) is 47.5 Å². The molecular weight excluding hydrogens is 380 g/mol. The average molecular weight is 411 g/mol. The standard InChI is InChI=1S/C15H17N3O2.C8H13NO/c1-20-14-7-11(4-5-16-14)12-6-13(15(19)18-9-12)17-8-10-2-3-10;1-2-8(10)9-6-4-3-5-7-9/h4-7,9-10,17H,2-3,8H2,1H3,(H,18,19);2H,1,3-7H2. The summed E-state index contributed by atoms with van der Waals surface area (Å²) in [6, 6.07) is 5.61. The Kier molecular flexibility index (Phi) is 7.65. The Bertz CT molecular complexity index is 915. The van der Waals surface area contributed by atoms with Crippen molar-refractivity contribution >= 4 is 11.6 Å². The van der Waals surface area contributed by atoms with Crippen molar-refractivity contribution in [2.24, 2.45) is 5.92 Å². The number of aromatic amines is 1. The predicted molar refractivity (Wildman–Crippen MR) is 119 cm³/mol. The first-order valence-electron chi connectivity index (χ1n) is 10.5. The number of piperidine rings is 1. The van der Waals surface area contributed by atoms with Crippen molar-refractivity contribution < 1.29 is 9.53 Å². The maximum Gasteiger partial charge on any atom is 0.271 e. The molecule has 7 nitrogen and oxygen atoms in total. The summed E-state index contributed by atoms with van der Waals surface area (Å²) < 4.78 is 5.12. The van der Waals surface area contributed by atoms with E-state index < -0.39 is 0 Å². The molecular formula is C23H30N4O3. The number of methoxy groups -OCH3 is 1. The number of hydrogen-bond donors (Lipinski definition) is 2. The second-order valence-electron chi connectivity index (χ2n) is 7.63. The van der Waals surface area contributed by atoms with Gasteiger partial charge < -0.3 is 19.9 Å². The lowest BCUT2D eigenvalue weighted by Crippen LogP contribution is -2.34. The molecule has 4 rings (SSSR count). The number of amides is 1. The van der Waals surface area contributed by atoms with Gasteiger partial charge in [0, 0.05) is 43.7 Å². The van der Waals surface area contributed by atoms with Crippen LogP contribution in [0.15, 0.2) is 48.0 Å². The number of pyridine rings is 2. The number of aromatic nitrogens is 2. The smallest absolute Gasteiger partial charge is 0.271 e. The minimum Gasteiger partial charge on any atom is -0.481 e. The molecule has 1 saturated carbocycles. The number of likely N-dealkylation sites (tertiary alicyclic amines) is 1. The zero-order valence-corrected chi connectivity index (χ0v) is 17.5. The van der Waals surface area contributed by atoms with Crippen LogP contribution in [0, 0.1) is 5.92 Å². The Morgan fingerprint density at radius 2 is 2.07 bits per heavy atom. The number of carbonyl (C=O) groups is 1. The van der Waals surface area contributed by atoms with Crippen molar-refractivity contribution in [1.82, 2.24) is 14.9 Å². The van der Waals surface area contributed by atoms with Gasteiger partial charge >= 0.3 is 0 Å². The van der Waals surface area contributed by atoms with Gasteiger partial charge in [-0.3, -0.25) is 9.59 Å². The molecule has 1 aliphatic heterocycles. The van der Waals surface area contributed by atoms with Crippen molar-refractivity contribution in [1.29, 1.82) is 0 Å². The van der Waals surface area contributed by atoms with E-state index in [4.69, 9.17) is 4.74 Å². The Balaban J connectivity index is 0.000000216. The van der Waals surface area contributed by atoms with E-state index >= 15 is 0 Å². The highest BCUT2D eigenvalue weighted by atomic mass is 16.5. The number of hydrogen-bond acceptors (Lipinski definition) is 5. The van der Waals surface area contributed by atoms with Crippen LogP contribution in [0.1, 0.15) is 32.1 Å². The molecule has 2 aromatic rings. The van der Waals surface area contributed by atoms with Crippen LogP contribution in [0.25, 0.3) is 11.1 Å². The average Bonchev–Trinajstić information content (AvgIpc) is 3.63. The lowest BCUT2D eigenvalue weighted by molar-refractivity contribution is -0.126. The quantitative estimate of drug-likeness (QED) is 0.712. The molecule has 3 heterocycles. The summed E-state index contributed by atoms with van der Waals surface area (Å²) in [5.74, 6) is 1.36. The van der Waals surface area contributed by atoms with E-state index in [-0.39, 0.29) is 11.5 Å². The fourth-order valence-corrected chi connectivity index (χ4v) is 3.30. The predicted octanol–water partition coefficient (Wildman–Crippen LogP) is 3.45. The topological polar surface area (TPSA) is 87.3 Å². The van der Waals surface area contributed by atoms with Gasteiger partial charge in [-0.1, -0.05) is 6.58 Å². The summed E-state index contributed by atoms with van der Waals surface area (Å²) in [5, 5.41) is 3.22. The first kappa shape index (κ1) is 21.6. The molecule has 0 aromatic carbocycles. The molecule has 160 valence electrons. The van der Waals surface area contributed by atoms with Gasteiger partial charge in [0.25, 0.3) is 5.56 Å². The van der Waals surface area contributed by atoms with Crippen molar-refractivity contribution in [2.45, 2.75) is 32.1 Å². The molecule has 0 unspecified atom stereocenters. The maximum absolute atomic E-state index is 11.8. The van der Waals surface area contributed by atoms with Crippen LogP contribution in [0.2, 0.25) is 0 Å². The van der Waals surface area contributed by atoms with Crippen LogP contribution >= 0.6 is 0 Å². The van der Waals surface area contributed by atoms with Gasteiger partial charge in [0.05, 0.1) is 7.11 Å². The molecule has 0 spiro atoms. The summed E-state index contributed by atoms with van der Waals surface area (Å²) in [4.78, 5) is 31.5. The van der Waals surface area contributed by atoms with Crippen molar-refractivity contribution in [3.8, 4) is 17.0 Å². The highest BCUT2D eigenvalue weighted by Gasteiger charge is 2.21. The monoisotopic (exact) mass is 410 g/mol. The van der Waals surface area contributed by atoms with Gasteiger partial charge in [0.2, 0.25) is 11.8 Å². The molecule has 30 heavy (non-hydrogen) atoms. The summed E-state index contributed by atoms with van der Waals surface area (Å²) >= 11 is 0. The van der Waals surface area contributed by atoms with Crippen LogP contribution < -0.4 is 15.6 Å². The lowest BCUT2D eigenvalue weighted by atomic mass is 10.1. The molecule has 0 atom stereocenters. The molecule has 2 fully saturated rings. The molecule has 1 aliphatic carbocycles. The van der Waals surface area contributed by atoms with Crippen molar-refractivity contribution in [3.05, 3.63) is 53.6 Å². The van der Waals surface area contributed by atoms with Gasteiger partial charge in [-0.2, -0.15) is 0 Å². The highest BCUT2D eigenvalue weighted by molar-refractivity contribution is 5.87. The molecule has 0 bridgehead atoms. The number of nitrogens with one attached hydrogen (secondary N) is 2. The first-order chi connectivity index (χ1) is 14.6. The number of anilines is 1. The Labute approximate surface area is 177 Å². The van der Waals surface area contributed by atoms with Crippen molar-refractivity contribution in [2.75, 3.05) is 32.1 Å². The van der Waals surface area contributed by atoms with E-state index in [9.17, 15) is 9.59 Å². The molecule has 2 N–H and O–H groups in total. The van der Waals surface area contributed by atoms with Gasteiger partial charge in [0.1, 0.15) is 5.69 Å². The van der Waals surface area contributed by atoms with E-state index in [0.717, 1.165) is 49.5 Å². The second kappa shape index (κ2) is 10.6. The molecule has 7 heteroatoms. The van der Waals surface area contributed by atoms with Crippen LogP contribution in [-0.2, 0) is 4.79 Å². The number of ether oxygens (including phenoxy) is 1.